The molecular weight excluding hydrogens is 168 g/mol. The van der Waals surface area contributed by atoms with Crippen LogP contribution in [-0.2, 0) is 4.74 Å². The number of ether oxygens (including phenoxy) is 1. The Morgan fingerprint density at radius 2 is 2.46 bits per heavy atom. The van der Waals surface area contributed by atoms with E-state index in [1.54, 1.807) is 0 Å². The highest BCUT2D eigenvalue weighted by molar-refractivity contribution is 4.82. The summed E-state index contributed by atoms with van der Waals surface area (Å²) in [4.78, 5) is 0. The number of nitrogens with one attached hydrogen (secondary N) is 1. The molecule has 0 spiro atoms. The largest absolute Gasteiger partial charge is 0.390 e. The highest BCUT2D eigenvalue weighted by Gasteiger charge is 2.25. The lowest BCUT2D eigenvalue weighted by atomic mass is 9.93. The lowest BCUT2D eigenvalue weighted by Gasteiger charge is -2.31. The van der Waals surface area contributed by atoms with Gasteiger partial charge in [-0.2, -0.15) is 0 Å². The van der Waals surface area contributed by atoms with E-state index in [0.29, 0.717) is 26.0 Å². The topological polar surface area (TPSA) is 67.5 Å². The fraction of sp³-hybridized carbons (Fsp3) is 1.00. The highest BCUT2D eigenvalue weighted by atomic mass is 16.5. The number of rotatable bonds is 4. The zero-order valence-corrected chi connectivity index (χ0v) is 8.25. The summed E-state index contributed by atoms with van der Waals surface area (Å²) < 4.78 is 5.30. The second-order valence-corrected chi connectivity index (χ2v) is 3.97. The molecule has 0 radical (unpaired) electrons. The molecule has 13 heavy (non-hydrogen) atoms. The van der Waals surface area contributed by atoms with Crippen LogP contribution in [0, 0.1) is 0 Å². The van der Waals surface area contributed by atoms with E-state index in [-0.39, 0.29) is 6.04 Å². The van der Waals surface area contributed by atoms with E-state index in [1.807, 2.05) is 6.92 Å². The SMILES string of the molecule is CC(O)(CCN)CC1COCCN1. The monoisotopic (exact) mass is 188 g/mol. The molecule has 1 aliphatic heterocycles. The number of hydrogen-bond acceptors (Lipinski definition) is 4. The van der Waals surface area contributed by atoms with Crippen LogP contribution in [0.5, 0.6) is 0 Å². The molecule has 1 saturated heterocycles. The fourth-order valence-electron chi connectivity index (χ4n) is 1.69. The first-order chi connectivity index (χ1) is 6.14. The Kier molecular flexibility index (Phi) is 4.12. The summed E-state index contributed by atoms with van der Waals surface area (Å²) >= 11 is 0. The van der Waals surface area contributed by atoms with Crippen LogP contribution >= 0.6 is 0 Å². The van der Waals surface area contributed by atoms with Gasteiger partial charge in [0.05, 0.1) is 18.8 Å². The molecule has 0 aromatic carbocycles. The van der Waals surface area contributed by atoms with Crippen LogP contribution in [0.4, 0.5) is 0 Å². The maximum absolute atomic E-state index is 9.89. The van der Waals surface area contributed by atoms with Crippen molar-refractivity contribution in [2.24, 2.45) is 5.73 Å². The Morgan fingerprint density at radius 1 is 1.69 bits per heavy atom. The van der Waals surface area contributed by atoms with Crippen molar-refractivity contribution in [2.75, 3.05) is 26.3 Å². The predicted molar refractivity (Wildman–Crippen MR) is 51.5 cm³/mol. The first kappa shape index (κ1) is 10.9. The molecule has 2 atom stereocenters. The van der Waals surface area contributed by atoms with Gasteiger partial charge in [-0.05, 0) is 26.3 Å². The standard InChI is InChI=1S/C9H20N2O2/c1-9(12,2-3-10)6-8-7-13-5-4-11-8/h8,11-12H,2-7,10H2,1H3. The zero-order valence-electron chi connectivity index (χ0n) is 8.25. The lowest BCUT2D eigenvalue weighted by Crippen LogP contribution is -2.46. The Balaban J connectivity index is 2.28. The average molecular weight is 188 g/mol. The normalized spacial score (nSPS) is 28.4. The molecule has 0 aromatic heterocycles. The van der Waals surface area contributed by atoms with Crippen LogP contribution in [-0.4, -0.2) is 43.1 Å². The van der Waals surface area contributed by atoms with Gasteiger partial charge in [0.15, 0.2) is 0 Å². The minimum Gasteiger partial charge on any atom is -0.390 e. The van der Waals surface area contributed by atoms with Crippen molar-refractivity contribution in [3.63, 3.8) is 0 Å². The molecule has 1 fully saturated rings. The molecule has 1 heterocycles. The van der Waals surface area contributed by atoms with Crippen LogP contribution < -0.4 is 11.1 Å². The van der Waals surface area contributed by atoms with Crippen molar-refractivity contribution in [1.82, 2.24) is 5.32 Å². The van der Waals surface area contributed by atoms with Gasteiger partial charge in [0, 0.05) is 12.6 Å². The maximum Gasteiger partial charge on any atom is 0.0647 e. The Morgan fingerprint density at radius 3 is 3.00 bits per heavy atom. The number of nitrogens with two attached hydrogens (primary N) is 1. The van der Waals surface area contributed by atoms with Crippen molar-refractivity contribution < 1.29 is 9.84 Å². The number of hydrogen-bond donors (Lipinski definition) is 3. The molecule has 1 aliphatic rings. The molecule has 0 saturated carbocycles. The lowest BCUT2D eigenvalue weighted by molar-refractivity contribution is 0.00256. The molecule has 0 aliphatic carbocycles. The predicted octanol–water partition coefficient (Wildman–Crippen LogP) is -0.535. The zero-order chi connectivity index (χ0) is 9.73. The molecule has 0 aromatic rings. The van der Waals surface area contributed by atoms with Gasteiger partial charge < -0.3 is 20.9 Å². The summed E-state index contributed by atoms with van der Waals surface area (Å²) in [6.07, 6.45) is 1.36. The summed E-state index contributed by atoms with van der Waals surface area (Å²) in [5, 5.41) is 13.2. The summed E-state index contributed by atoms with van der Waals surface area (Å²) in [5.74, 6) is 0. The van der Waals surface area contributed by atoms with Crippen molar-refractivity contribution in [1.29, 1.82) is 0 Å². The molecule has 4 heteroatoms. The third-order valence-corrected chi connectivity index (χ3v) is 2.37. The highest BCUT2D eigenvalue weighted by Crippen LogP contribution is 2.16. The van der Waals surface area contributed by atoms with Crippen LogP contribution in [0.25, 0.3) is 0 Å². The average Bonchev–Trinajstić information content (AvgIpc) is 2.04. The van der Waals surface area contributed by atoms with Crippen LogP contribution in [0.3, 0.4) is 0 Å². The molecule has 1 rings (SSSR count). The number of morpholine rings is 1. The van der Waals surface area contributed by atoms with Gasteiger partial charge in [0.25, 0.3) is 0 Å². The second kappa shape index (κ2) is 4.91. The first-order valence-corrected chi connectivity index (χ1v) is 4.88. The molecule has 0 amide bonds. The molecule has 78 valence electrons. The van der Waals surface area contributed by atoms with Gasteiger partial charge in [-0.15, -0.1) is 0 Å². The van der Waals surface area contributed by atoms with Crippen molar-refractivity contribution in [2.45, 2.75) is 31.4 Å². The van der Waals surface area contributed by atoms with Gasteiger partial charge >= 0.3 is 0 Å². The second-order valence-electron chi connectivity index (χ2n) is 3.97. The van der Waals surface area contributed by atoms with E-state index in [0.717, 1.165) is 13.2 Å². The summed E-state index contributed by atoms with van der Waals surface area (Å²) in [7, 11) is 0. The third kappa shape index (κ3) is 4.04. The maximum atomic E-state index is 9.89. The molecule has 2 unspecified atom stereocenters. The fourth-order valence-corrected chi connectivity index (χ4v) is 1.69. The number of aliphatic hydroxyl groups is 1. The molecular formula is C9H20N2O2. The molecule has 4 nitrogen and oxygen atoms in total. The van der Waals surface area contributed by atoms with Crippen molar-refractivity contribution in [3.05, 3.63) is 0 Å². The molecule has 0 bridgehead atoms. The van der Waals surface area contributed by atoms with Gasteiger partial charge in [-0.25, -0.2) is 0 Å². The van der Waals surface area contributed by atoms with E-state index in [4.69, 9.17) is 10.5 Å². The van der Waals surface area contributed by atoms with Crippen molar-refractivity contribution in [3.8, 4) is 0 Å². The van der Waals surface area contributed by atoms with Gasteiger partial charge in [0.2, 0.25) is 0 Å². The summed E-state index contributed by atoms with van der Waals surface area (Å²) in [6.45, 7) is 4.70. The van der Waals surface area contributed by atoms with Crippen LogP contribution in [0.2, 0.25) is 0 Å². The first-order valence-electron chi connectivity index (χ1n) is 4.88. The van der Waals surface area contributed by atoms with E-state index < -0.39 is 5.60 Å². The third-order valence-electron chi connectivity index (χ3n) is 2.37. The van der Waals surface area contributed by atoms with Crippen LogP contribution in [0.1, 0.15) is 19.8 Å². The van der Waals surface area contributed by atoms with E-state index in [1.165, 1.54) is 0 Å². The Labute approximate surface area is 79.5 Å². The summed E-state index contributed by atoms with van der Waals surface area (Å²) in [5.41, 5.74) is 4.75. The minimum atomic E-state index is -0.660. The van der Waals surface area contributed by atoms with Gasteiger partial charge in [-0.1, -0.05) is 0 Å². The van der Waals surface area contributed by atoms with Crippen LogP contribution in [0.15, 0.2) is 0 Å². The van der Waals surface area contributed by atoms with Gasteiger partial charge in [-0.3, -0.25) is 0 Å². The smallest absolute Gasteiger partial charge is 0.0647 e. The van der Waals surface area contributed by atoms with E-state index in [9.17, 15) is 5.11 Å². The van der Waals surface area contributed by atoms with Crippen molar-refractivity contribution >= 4 is 0 Å². The summed E-state index contributed by atoms with van der Waals surface area (Å²) in [6, 6.07) is 0.273. The Bertz CT molecular complexity index is 145. The van der Waals surface area contributed by atoms with E-state index in [2.05, 4.69) is 5.32 Å². The molecule has 4 N–H and O–H groups in total. The Hall–Kier alpha value is -0.160. The van der Waals surface area contributed by atoms with Gasteiger partial charge in [0.1, 0.15) is 0 Å². The quantitative estimate of drug-likeness (QED) is 0.554. The minimum absolute atomic E-state index is 0.273. The van der Waals surface area contributed by atoms with E-state index >= 15 is 0 Å².